The van der Waals surface area contributed by atoms with E-state index in [9.17, 15) is 14.3 Å². The molecule has 0 aliphatic heterocycles. The van der Waals surface area contributed by atoms with E-state index < -0.39 is 11.7 Å². The van der Waals surface area contributed by atoms with Crippen molar-refractivity contribution in [1.82, 2.24) is 5.32 Å². The van der Waals surface area contributed by atoms with Gasteiger partial charge in [-0.1, -0.05) is 6.92 Å². The molecule has 0 saturated carbocycles. The van der Waals surface area contributed by atoms with Crippen molar-refractivity contribution in [3.8, 4) is 5.75 Å². The molecule has 1 aromatic rings. The standard InChI is InChI=1S/C12H15ClFNO2/c1-2-9(5-6-13)15-12(17)10-7-8(14)3-4-11(10)16/h3-4,7,9,16H,2,5-6H2,1H3,(H,15,17). The largest absolute Gasteiger partial charge is 0.507 e. The Labute approximate surface area is 105 Å². The lowest BCUT2D eigenvalue weighted by Crippen LogP contribution is -2.34. The van der Waals surface area contributed by atoms with E-state index in [1.807, 2.05) is 6.92 Å². The fraction of sp³-hybridized carbons (Fsp3) is 0.417. The fourth-order valence-electron chi connectivity index (χ4n) is 1.46. The first kappa shape index (κ1) is 13.8. The van der Waals surface area contributed by atoms with Crippen LogP contribution in [0.25, 0.3) is 0 Å². The van der Waals surface area contributed by atoms with Gasteiger partial charge in [-0.15, -0.1) is 11.6 Å². The van der Waals surface area contributed by atoms with Crippen LogP contribution >= 0.6 is 11.6 Å². The zero-order valence-electron chi connectivity index (χ0n) is 9.54. The van der Waals surface area contributed by atoms with Gasteiger partial charge in [-0.2, -0.15) is 0 Å². The Morgan fingerprint density at radius 3 is 2.88 bits per heavy atom. The van der Waals surface area contributed by atoms with E-state index in [0.717, 1.165) is 24.6 Å². The lowest BCUT2D eigenvalue weighted by Gasteiger charge is -2.16. The van der Waals surface area contributed by atoms with E-state index in [1.165, 1.54) is 0 Å². The van der Waals surface area contributed by atoms with E-state index in [2.05, 4.69) is 5.32 Å². The van der Waals surface area contributed by atoms with Crippen LogP contribution in [-0.2, 0) is 0 Å². The highest BCUT2D eigenvalue weighted by atomic mass is 35.5. The van der Waals surface area contributed by atoms with Gasteiger partial charge in [0, 0.05) is 11.9 Å². The van der Waals surface area contributed by atoms with Crippen LogP contribution in [0.5, 0.6) is 5.75 Å². The Kier molecular flexibility index (Phi) is 5.22. The molecule has 0 fully saturated rings. The minimum absolute atomic E-state index is 0.0574. The fourth-order valence-corrected chi connectivity index (χ4v) is 1.73. The van der Waals surface area contributed by atoms with E-state index in [1.54, 1.807) is 0 Å². The number of carbonyl (C=O) groups excluding carboxylic acids is 1. The smallest absolute Gasteiger partial charge is 0.255 e. The second kappa shape index (κ2) is 6.45. The van der Waals surface area contributed by atoms with Gasteiger partial charge in [0.1, 0.15) is 11.6 Å². The van der Waals surface area contributed by atoms with Crippen LogP contribution in [0.1, 0.15) is 30.1 Å². The van der Waals surface area contributed by atoms with Gasteiger partial charge < -0.3 is 10.4 Å². The summed E-state index contributed by atoms with van der Waals surface area (Å²) in [6.07, 6.45) is 1.37. The summed E-state index contributed by atoms with van der Waals surface area (Å²) in [5, 5.41) is 12.2. The molecule has 2 N–H and O–H groups in total. The Morgan fingerprint density at radius 2 is 2.29 bits per heavy atom. The summed E-state index contributed by atoms with van der Waals surface area (Å²) in [6.45, 7) is 1.92. The number of phenolic OH excluding ortho intramolecular Hbond substituents is 1. The van der Waals surface area contributed by atoms with Crippen LogP contribution in [-0.4, -0.2) is 22.9 Å². The summed E-state index contributed by atoms with van der Waals surface area (Å²) in [4.78, 5) is 11.8. The molecule has 1 unspecified atom stereocenters. The third-order valence-electron chi connectivity index (χ3n) is 2.49. The Bertz CT molecular complexity index is 398. The third kappa shape index (κ3) is 3.89. The van der Waals surface area contributed by atoms with Gasteiger partial charge in [-0.25, -0.2) is 4.39 Å². The number of hydrogen-bond acceptors (Lipinski definition) is 2. The minimum atomic E-state index is -0.557. The molecule has 0 radical (unpaired) electrons. The first-order valence-corrected chi connectivity index (χ1v) is 5.97. The highest BCUT2D eigenvalue weighted by Crippen LogP contribution is 2.18. The summed E-state index contributed by atoms with van der Waals surface area (Å²) in [6, 6.07) is 3.20. The molecule has 0 spiro atoms. The van der Waals surface area contributed by atoms with E-state index in [-0.39, 0.29) is 17.4 Å². The normalized spacial score (nSPS) is 12.2. The average molecular weight is 260 g/mol. The molecule has 0 aliphatic rings. The lowest BCUT2D eigenvalue weighted by atomic mass is 10.1. The molecule has 5 heteroatoms. The molecule has 0 saturated heterocycles. The van der Waals surface area contributed by atoms with Crippen LogP contribution in [0, 0.1) is 5.82 Å². The number of halogens is 2. The van der Waals surface area contributed by atoms with Gasteiger partial charge in [-0.3, -0.25) is 4.79 Å². The molecule has 17 heavy (non-hydrogen) atoms. The number of hydrogen-bond donors (Lipinski definition) is 2. The maximum atomic E-state index is 13.0. The molecule has 94 valence electrons. The maximum Gasteiger partial charge on any atom is 0.255 e. The van der Waals surface area contributed by atoms with E-state index in [4.69, 9.17) is 11.6 Å². The highest BCUT2D eigenvalue weighted by molar-refractivity contribution is 6.17. The van der Waals surface area contributed by atoms with Crippen molar-refractivity contribution in [1.29, 1.82) is 0 Å². The summed E-state index contributed by atoms with van der Waals surface area (Å²) in [5.41, 5.74) is -0.0574. The number of alkyl halides is 1. The predicted molar refractivity (Wildman–Crippen MR) is 64.9 cm³/mol. The van der Waals surface area contributed by atoms with Crippen LogP contribution in [0.2, 0.25) is 0 Å². The van der Waals surface area contributed by atoms with Gasteiger partial charge in [0.2, 0.25) is 0 Å². The van der Waals surface area contributed by atoms with Gasteiger partial charge >= 0.3 is 0 Å². The monoisotopic (exact) mass is 259 g/mol. The molecule has 1 rings (SSSR count). The summed E-state index contributed by atoms with van der Waals surface area (Å²) >= 11 is 5.60. The predicted octanol–water partition coefficient (Wildman–Crippen LogP) is 2.67. The maximum absolute atomic E-state index is 13.0. The van der Waals surface area contributed by atoms with Gasteiger partial charge in [-0.05, 0) is 31.0 Å². The average Bonchev–Trinajstić information content (AvgIpc) is 2.31. The first-order chi connectivity index (χ1) is 8.08. The Balaban J connectivity index is 2.78. The van der Waals surface area contributed by atoms with Gasteiger partial charge in [0.25, 0.3) is 5.91 Å². The van der Waals surface area contributed by atoms with Crippen LogP contribution in [0.15, 0.2) is 18.2 Å². The van der Waals surface area contributed by atoms with E-state index in [0.29, 0.717) is 12.3 Å². The van der Waals surface area contributed by atoms with Crippen molar-refractivity contribution in [2.45, 2.75) is 25.8 Å². The number of amides is 1. The topological polar surface area (TPSA) is 49.3 Å². The molecule has 0 aromatic heterocycles. The zero-order valence-corrected chi connectivity index (χ0v) is 10.3. The first-order valence-electron chi connectivity index (χ1n) is 5.43. The quantitative estimate of drug-likeness (QED) is 0.799. The van der Waals surface area contributed by atoms with Crippen LogP contribution < -0.4 is 5.32 Å². The summed E-state index contributed by atoms with van der Waals surface area (Å²) in [7, 11) is 0. The molecule has 0 heterocycles. The van der Waals surface area contributed by atoms with Crippen molar-refractivity contribution < 1.29 is 14.3 Å². The Morgan fingerprint density at radius 1 is 1.59 bits per heavy atom. The van der Waals surface area contributed by atoms with Crippen LogP contribution in [0.4, 0.5) is 4.39 Å². The number of nitrogens with one attached hydrogen (secondary N) is 1. The summed E-state index contributed by atoms with van der Waals surface area (Å²) in [5.74, 6) is -0.838. The highest BCUT2D eigenvalue weighted by Gasteiger charge is 2.15. The second-order valence-corrected chi connectivity index (χ2v) is 4.10. The number of carbonyl (C=O) groups is 1. The molecule has 1 atom stereocenters. The van der Waals surface area contributed by atoms with Crippen molar-refractivity contribution in [3.63, 3.8) is 0 Å². The molecule has 0 bridgehead atoms. The zero-order chi connectivity index (χ0) is 12.8. The van der Waals surface area contributed by atoms with Crippen molar-refractivity contribution in [3.05, 3.63) is 29.6 Å². The molecular formula is C12H15ClFNO2. The van der Waals surface area contributed by atoms with Crippen molar-refractivity contribution >= 4 is 17.5 Å². The second-order valence-electron chi connectivity index (χ2n) is 3.72. The van der Waals surface area contributed by atoms with Gasteiger partial charge in [0.05, 0.1) is 5.56 Å². The SMILES string of the molecule is CCC(CCCl)NC(=O)c1cc(F)ccc1O. The number of phenols is 1. The number of aromatic hydroxyl groups is 1. The van der Waals surface area contributed by atoms with Crippen molar-refractivity contribution in [2.75, 3.05) is 5.88 Å². The van der Waals surface area contributed by atoms with E-state index >= 15 is 0 Å². The summed E-state index contributed by atoms with van der Waals surface area (Å²) < 4.78 is 13.0. The molecule has 1 aromatic carbocycles. The molecule has 3 nitrogen and oxygen atoms in total. The lowest BCUT2D eigenvalue weighted by molar-refractivity contribution is 0.0932. The molecular weight excluding hydrogens is 245 g/mol. The number of benzene rings is 1. The molecule has 0 aliphatic carbocycles. The minimum Gasteiger partial charge on any atom is -0.507 e. The van der Waals surface area contributed by atoms with Crippen molar-refractivity contribution in [2.24, 2.45) is 0 Å². The van der Waals surface area contributed by atoms with Crippen LogP contribution in [0.3, 0.4) is 0 Å². The third-order valence-corrected chi connectivity index (χ3v) is 2.71. The van der Waals surface area contributed by atoms with Gasteiger partial charge in [0.15, 0.2) is 0 Å². The molecule has 1 amide bonds. The number of rotatable bonds is 5. The Hall–Kier alpha value is -1.29.